The Balaban J connectivity index is 1.72. The van der Waals surface area contributed by atoms with Crippen molar-refractivity contribution in [2.75, 3.05) is 18.1 Å². The molecule has 0 aromatic heterocycles. The third-order valence-corrected chi connectivity index (χ3v) is 4.34. The molecule has 0 saturated heterocycles. The number of amidine groups is 1. The van der Waals surface area contributed by atoms with Crippen molar-refractivity contribution in [3.63, 3.8) is 0 Å². The van der Waals surface area contributed by atoms with Crippen molar-refractivity contribution in [1.29, 1.82) is 5.41 Å². The van der Waals surface area contributed by atoms with Gasteiger partial charge >= 0.3 is 12.1 Å². The van der Waals surface area contributed by atoms with Gasteiger partial charge in [0, 0.05) is 11.3 Å². The summed E-state index contributed by atoms with van der Waals surface area (Å²) in [5.41, 5.74) is 5.89. The molecule has 0 aliphatic heterocycles. The van der Waals surface area contributed by atoms with Gasteiger partial charge < -0.3 is 20.1 Å². The lowest BCUT2D eigenvalue weighted by molar-refractivity contribution is -0.170. The van der Waals surface area contributed by atoms with E-state index < -0.39 is 12.1 Å². The third kappa shape index (κ3) is 6.00. The van der Waals surface area contributed by atoms with E-state index in [-0.39, 0.29) is 24.7 Å². The maximum Gasteiger partial charge on any atom is 0.471 e. The molecule has 0 heterocycles. The molecule has 3 N–H and O–H groups in total. The zero-order valence-corrected chi connectivity index (χ0v) is 16.8. The van der Waals surface area contributed by atoms with Crippen LogP contribution >= 0.6 is 0 Å². The average Bonchev–Trinajstić information content (AvgIpc) is 2.77. The van der Waals surface area contributed by atoms with Gasteiger partial charge in [-0.25, -0.2) is 0 Å². The van der Waals surface area contributed by atoms with E-state index >= 15 is 0 Å². The van der Waals surface area contributed by atoms with E-state index in [1.807, 2.05) is 6.07 Å². The smallest absolute Gasteiger partial charge is 0.471 e. The molecular formula is C23H20F3N3O3. The Hall–Kier alpha value is -4.01. The van der Waals surface area contributed by atoms with Gasteiger partial charge in [-0.1, -0.05) is 30.3 Å². The molecule has 0 atom stereocenters. The highest BCUT2D eigenvalue weighted by atomic mass is 19.4. The third-order valence-electron chi connectivity index (χ3n) is 4.34. The maximum absolute atomic E-state index is 13.1. The largest absolute Gasteiger partial charge is 0.492 e. The number of halogens is 3. The lowest BCUT2D eigenvalue weighted by Gasteiger charge is -2.24. The summed E-state index contributed by atoms with van der Waals surface area (Å²) in [5.74, 6) is -0.859. The fraction of sp³-hybridized carbons (Fsp3) is 0.130. The summed E-state index contributed by atoms with van der Waals surface area (Å²) in [6, 6.07) is 20.9. The number of benzene rings is 3. The van der Waals surface area contributed by atoms with E-state index in [0.717, 1.165) is 0 Å². The van der Waals surface area contributed by atoms with Crippen LogP contribution in [-0.2, 0) is 4.79 Å². The van der Waals surface area contributed by atoms with Gasteiger partial charge in [0.05, 0.1) is 6.54 Å². The van der Waals surface area contributed by atoms with Gasteiger partial charge in [-0.3, -0.25) is 10.2 Å². The molecule has 0 unspecified atom stereocenters. The lowest BCUT2D eigenvalue weighted by atomic mass is 10.2. The standard InChI is InChI=1S/C23H20F3N3O3/c24-23(25,26)22(30)29(13-14-31-20-8-4-5-16(15-20)21(27)28)17-9-11-19(12-10-17)32-18-6-2-1-3-7-18/h1-12,15H,13-14H2,(H3,27,28). The van der Waals surface area contributed by atoms with E-state index in [9.17, 15) is 18.0 Å². The monoisotopic (exact) mass is 443 g/mol. The Kier molecular flexibility index (Phi) is 6.99. The Morgan fingerprint density at radius 3 is 2.16 bits per heavy atom. The van der Waals surface area contributed by atoms with Crippen LogP contribution in [0.3, 0.4) is 0 Å². The molecule has 166 valence electrons. The second-order valence-corrected chi connectivity index (χ2v) is 6.65. The fourth-order valence-corrected chi connectivity index (χ4v) is 2.83. The summed E-state index contributed by atoms with van der Waals surface area (Å²) in [7, 11) is 0. The summed E-state index contributed by atoms with van der Waals surface area (Å²) in [4.78, 5) is 12.6. The number of hydrogen-bond donors (Lipinski definition) is 2. The molecule has 0 aliphatic carbocycles. The molecule has 0 fully saturated rings. The Morgan fingerprint density at radius 2 is 1.53 bits per heavy atom. The van der Waals surface area contributed by atoms with Gasteiger partial charge in [-0.05, 0) is 48.5 Å². The normalized spacial score (nSPS) is 11.0. The van der Waals surface area contributed by atoms with Crippen LogP contribution in [0.15, 0.2) is 78.9 Å². The number of alkyl halides is 3. The fourth-order valence-electron chi connectivity index (χ4n) is 2.83. The number of nitrogens with one attached hydrogen (secondary N) is 1. The molecule has 3 aromatic carbocycles. The Morgan fingerprint density at radius 1 is 0.906 bits per heavy atom. The molecule has 3 rings (SSSR count). The number of nitrogens with two attached hydrogens (primary N) is 1. The van der Waals surface area contributed by atoms with E-state index in [2.05, 4.69) is 0 Å². The summed E-state index contributed by atoms with van der Waals surface area (Å²) in [6.45, 7) is -0.549. The van der Waals surface area contributed by atoms with Gasteiger partial charge in [-0.2, -0.15) is 13.2 Å². The van der Waals surface area contributed by atoms with Crippen LogP contribution in [0.5, 0.6) is 17.2 Å². The second kappa shape index (κ2) is 9.86. The molecule has 6 nitrogen and oxygen atoms in total. The lowest BCUT2D eigenvalue weighted by Crippen LogP contribution is -2.43. The predicted molar refractivity (Wildman–Crippen MR) is 114 cm³/mol. The van der Waals surface area contributed by atoms with E-state index in [1.54, 1.807) is 42.5 Å². The minimum Gasteiger partial charge on any atom is -0.492 e. The molecule has 32 heavy (non-hydrogen) atoms. The molecule has 0 spiro atoms. The molecular weight excluding hydrogens is 423 g/mol. The topological polar surface area (TPSA) is 88.6 Å². The first-order valence-corrected chi connectivity index (χ1v) is 9.53. The van der Waals surface area contributed by atoms with Crippen LogP contribution < -0.4 is 20.1 Å². The molecule has 0 aliphatic rings. The highest BCUT2D eigenvalue weighted by molar-refractivity contribution is 5.97. The molecule has 9 heteroatoms. The van der Waals surface area contributed by atoms with Crippen LogP contribution in [-0.4, -0.2) is 31.1 Å². The van der Waals surface area contributed by atoms with Gasteiger partial charge in [0.15, 0.2) is 0 Å². The van der Waals surface area contributed by atoms with Crippen LogP contribution in [0.2, 0.25) is 0 Å². The Labute approximate surface area is 182 Å². The quantitative estimate of drug-likeness (QED) is 0.389. The highest BCUT2D eigenvalue weighted by Gasteiger charge is 2.43. The SMILES string of the molecule is N=C(N)c1cccc(OCCN(C(=O)C(F)(F)F)c2ccc(Oc3ccccc3)cc2)c1. The number of para-hydroxylation sites is 1. The van der Waals surface area contributed by atoms with E-state index in [1.165, 1.54) is 30.3 Å². The van der Waals surface area contributed by atoms with Gasteiger partial charge in [0.1, 0.15) is 29.7 Å². The first-order chi connectivity index (χ1) is 15.2. The van der Waals surface area contributed by atoms with Crippen molar-refractivity contribution in [1.82, 2.24) is 0 Å². The molecule has 0 saturated carbocycles. The zero-order chi connectivity index (χ0) is 23.1. The summed E-state index contributed by atoms with van der Waals surface area (Å²) in [6.07, 6.45) is -5.05. The first-order valence-electron chi connectivity index (χ1n) is 9.53. The predicted octanol–water partition coefficient (Wildman–Crippen LogP) is 4.74. The number of nitrogen functional groups attached to an aromatic ring is 1. The maximum atomic E-state index is 13.1. The molecule has 3 aromatic rings. The minimum absolute atomic E-state index is 0.0498. The number of nitrogens with zero attached hydrogens (tertiary/aromatic N) is 1. The molecule has 0 bridgehead atoms. The summed E-state index contributed by atoms with van der Waals surface area (Å²) in [5, 5.41) is 7.44. The van der Waals surface area contributed by atoms with Gasteiger partial charge in [-0.15, -0.1) is 0 Å². The van der Waals surface area contributed by atoms with Crippen LogP contribution in [0, 0.1) is 5.41 Å². The van der Waals surface area contributed by atoms with Gasteiger partial charge in [0.25, 0.3) is 0 Å². The second-order valence-electron chi connectivity index (χ2n) is 6.65. The molecule has 0 radical (unpaired) electrons. The van der Waals surface area contributed by atoms with Crippen molar-refractivity contribution >= 4 is 17.4 Å². The minimum atomic E-state index is -5.05. The summed E-state index contributed by atoms with van der Waals surface area (Å²) < 4.78 is 50.6. The van der Waals surface area contributed by atoms with Crippen molar-refractivity contribution in [2.45, 2.75) is 6.18 Å². The Bertz CT molecular complexity index is 1070. The van der Waals surface area contributed by atoms with E-state index in [4.69, 9.17) is 20.6 Å². The van der Waals surface area contributed by atoms with Crippen molar-refractivity contribution in [3.8, 4) is 17.2 Å². The number of carbonyl (C=O) groups is 1. The van der Waals surface area contributed by atoms with Crippen LogP contribution in [0.4, 0.5) is 18.9 Å². The first kappa shape index (κ1) is 22.7. The number of anilines is 1. The average molecular weight is 443 g/mol. The van der Waals surface area contributed by atoms with Gasteiger partial charge in [0.2, 0.25) is 0 Å². The zero-order valence-electron chi connectivity index (χ0n) is 16.8. The number of carbonyl (C=O) groups excluding carboxylic acids is 1. The number of hydrogen-bond acceptors (Lipinski definition) is 4. The molecule has 1 amide bonds. The number of ether oxygens (including phenoxy) is 2. The summed E-state index contributed by atoms with van der Waals surface area (Å²) >= 11 is 0. The van der Waals surface area contributed by atoms with Crippen LogP contribution in [0.25, 0.3) is 0 Å². The van der Waals surface area contributed by atoms with Crippen LogP contribution in [0.1, 0.15) is 5.56 Å². The number of rotatable bonds is 8. The number of amides is 1. The van der Waals surface area contributed by atoms with Crippen molar-refractivity contribution in [2.24, 2.45) is 5.73 Å². The van der Waals surface area contributed by atoms with Crippen molar-refractivity contribution in [3.05, 3.63) is 84.4 Å². The van der Waals surface area contributed by atoms with E-state index in [0.29, 0.717) is 27.7 Å². The van der Waals surface area contributed by atoms with Crippen molar-refractivity contribution < 1.29 is 27.4 Å². The highest BCUT2D eigenvalue weighted by Crippen LogP contribution is 2.27.